The van der Waals surface area contributed by atoms with Crippen LogP contribution in [0.3, 0.4) is 0 Å². The molecule has 4 aromatic rings. The summed E-state index contributed by atoms with van der Waals surface area (Å²) in [6, 6.07) is 28.0. The first-order valence-electron chi connectivity index (χ1n) is 9.74. The average molecular weight is 541 g/mol. The van der Waals surface area contributed by atoms with Gasteiger partial charge in [0.05, 0.1) is 0 Å². The monoisotopic (exact) mass is 544 g/mol. The van der Waals surface area contributed by atoms with Gasteiger partial charge in [0.1, 0.15) is 0 Å². The van der Waals surface area contributed by atoms with E-state index in [2.05, 4.69) is 86.6 Å². The van der Waals surface area contributed by atoms with Crippen LogP contribution in [0, 0.1) is 13.8 Å². The Hall–Kier alpha value is -1.55. The van der Waals surface area contributed by atoms with Gasteiger partial charge in [0.25, 0.3) is 0 Å². The van der Waals surface area contributed by atoms with E-state index in [-0.39, 0.29) is 20.9 Å². The fraction of sp³-hybridized carbons (Fsp3) is 0.154. The van der Waals surface area contributed by atoms with Crippen molar-refractivity contribution in [3.05, 3.63) is 95.1 Å². The molecule has 0 nitrogen and oxygen atoms in total. The summed E-state index contributed by atoms with van der Waals surface area (Å²) in [6.07, 6.45) is 2.41. The summed E-state index contributed by atoms with van der Waals surface area (Å²) in [5.41, 5.74) is 5.81. The van der Waals surface area contributed by atoms with Crippen LogP contribution >= 0.6 is 0 Å². The zero-order valence-electron chi connectivity index (χ0n) is 16.2. The first-order valence-corrected chi connectivity index (χ1v) is 13.8. The van der Waals surface area contributed by atoms with Crippen molar-refractivity contribution in [2.75, 3.05) is 0 Å². The number of aryl methyl sites for hydroxylation is 4. The number of rotatable bonds is 4. The number of benzene rings is 4. The molecular weight excluding hydrogens is 519 g/mol. The normalized spacial score (nSPS) is 12.6. The van der Waals surface area contributed by atoms with Gasteiger partial charge in [-0.1, -0.05) is 0 Å². The predicted molar refractivity (Wildman–Crippen MR) is 124 cm³/mol. The first kappa shape index (κ1) is 18.5. The van der Waals surface area contributed by atoms with Gasteiger partial charge in [-0.3, -0.25) is 0 Å². The Morgan fingerprint density at radius 1 is 0.643 bits per heavy atom. The SMILES string of the molecule is Cc1ccc([Se]c2ccc3c4c(ccc([Te]c5ccc(C)cc5)c24)CC3)cc1. The van der Waals surface area contributed by atoms with Crippen molar-refractivity contribution < 1.29 is 0 Å². The molecule has 0 fully saturated rings. The van der Waals surface area contributed by atoms with E-state index in [4.69, 9.17) is 0 Å². The van der Waals surface area contributed by atoms with E-state index in [0.29, 0.717) is 15.0 Å². The molecular formula is C26H22SeTe. The van der Waals surface area contributed by atoms with Crippen molar-refractivity contribution in [1.82, 2.24) is 0 Å². The molecule has 1 aliphatic carbocycles. The van der Waals surface area contributed by atoms with Crippen molar-refractivity contribution in [1.29, 1.82) is 0 Å². The molecule has 2 heteroatoms. The molecule has 0 spiro atoms. The summed E-state index contributed by atoms with van der Waals surface area (Å²) in [5.74, 6) is 0. The molecule has 0 saturated carbocycles. The van der Waals surface area contributed by atoms with Crippen molar-refractivity contribution in [2.45, 2.75) is 26.7 Å². The predicted octanol–water partition coefficient (Wildman–Crippen LogP) is 2.87. The molecule has 0 unspecified atom stereocenters. The Morgan fingerprint density at radius 2 is 1.25 bits per heavy atom. The molecule has 5 rings (SSSR count). The molecule has 28 heavy (non-hydrogen) atoms. The molecule has 138 valence electrons. The zero-order valence-corrected chi connectivity index (χ0v) is 20.2. The quantitative estimate of drug-likeness (QED) is 0.349. The van der Waals surface area contributed by atoms with Crippen LogP contribution in [0.5, 0.6) is 0 Å². The van der Waals surface area contributed by atoms with E-state index in [1.807, 2.05) is 0 Å². The van der Waals surface area contributed by atoms with E-state index < -0.39 is 0 Å². The summed E-state index contributed by atoms with van der Waals surface area (Å²) in [5, 5.41) is 3.18. The van der Waals surface area contributed by atoms with Gasteiger partial charge in [-0.2, -0.15) is 0 Å². The second-order valence-electron chi connectivity index (χ2n) is 7.53. The molecule has 0 radical (unpaired) electrons. The van der Waals surface area contributed by atoms with Gasteiger partial charge in [0, 0.05) is 0 Å². The molecule has 0 aliphatic heterocycles. The van der Waals surface area contributed by atoms with Crippen molar-refractivity contribution in [3.8, 4) is 0 Å². The van der Waals surface area contributed by atoms with Crippen LogP contribution in [0.25, 0.3) is 10.8 Å². The molecule has 0 heterocycles. The first-order chi connectivity index (χ1) is 13.7. The van der Waals surface area contributed by atoms with E-state index in [9.17, 15) is 0 Å². The average Bonchev–Trinajstić information content (AvgIpc) is 3.13. The van der Waals surface area contributed by atoms with E-state index in [0.717, 1.165) is 0 Å². The molecule has 0 atom stereocenters. The standard InChI is InChI=1S/C26H22SeTe/c1-17-3-11-21(12-4-17)27-23-15-9-19-7-8-20-10-16-24(26(23)25(19)20)28-22-13-5-18(2)6-14-22/h3-6,9-16H,7-8H2,1-2H3. The fourth-order valence-electron chi connectivity index (χ4n) is 3.90. The summed E-state index contributed by atoms with van der Waals surface area (Å²) in [7, 11) is 0. The Balaban J connectivity index is 1.63. The number of hydrogen-bond donors (Lipinski definition) is 0. The molecule has 0 saturated heterocycles. The third-order valence-electron chi connectivity index (χ3n) is 5.42. The molecule has 0 aromatic heterocycles. The fourth-order valence-corrected chi connectivity index (χ4v) is 9.19. The second kappa shape index (κ2) is 7.70. The third kappa shape index (κ3) is 3.56. The molecule has 0 N–H and O–H groups in total. The molecule has 0 bridgehead atoms. The van der Waals surface area contributed by atoms with E-state index in [1.54, 1.807) is 30.0 Å². The maximum atomic E-state index is 2.45. The van der Waals surface area contributed by atoms with Crippen LogP contribution in [-0.2, 0) is 12.8 Å². The zero-order chi connectivity index (χ0) is 19.1. The molecule has 4 aromatic carbocycles. The van der Waals surface area contributed by atoms with Gasteiger partial charge in [0.15, 0.2) is 0 Å². The topological polar surface area (TPSA) is 0 Å². The van der Waals surface area contributed by atoms with Crippen LogP contribution < -0.4 is 16.1 Å². The summed E-state index contributed by atoms with van der Waals surface area (Å²) in [4.78, 5) is 0. The van der Waals surface area contributed by atoms with Crippen LogP contribution in [0.4, 0.5) is 0 Å². The van der Waals surface area contributed by atoms with Crippen LogP contribution in [0.1, 0.15) is 22.3 Å². The summed E-state index contributed by atoms with van der Waals surface area (Å²) < 4.78 is 6.17. The number of hydrogen-bond acceptors (Lipinski definition) is 0. The van der Waals surface area contributed by atoms with E-state index >= 15 is 0 Å². The summed E-state index contributed by atoms with van der Waals surface area (Å²) >= 11 is -0.0379. The maximum absolute atomic E-state index is 2.45. The van der Waals surface area contributed by atoms with Gasteiger partial charge in [-0.15, -0.1) is 0 Å². The van der Waals surface area contributed by atoms with Crippen LogP contribution in [0.15, 0.2) is 72.8 Å². The van der Waals surface area contributed by atoms with Crippen LogP contribution in [0.2, 0.25) is 0 Å². The van der Waals surface area contributed by atoms with Gasteiger partial charge in [-0.25, -0.2) is 0 Å². The molecule has 0 amide bonds. The van der Waals surface area contributed by atoms with Crippen molar-refractivity contribution in [3.63, 3.8) is 0 Å². The van der Waals surface area contributed by atoms with E-state index in [1.165, 1.54) is 32.0 Å². The van der Waals surface area contributed by atoms with Crippen LogP contribution in [-0.4, -0.2) is 35.9 Å². The Kier molecular flexibility index (Phi) is 5.08. The second-order valence-corrected chi connectivity index (χ2v) is 13.0. The minimum atomic E-state index is -0.388. The van der Waals surface area contributed by atoms with Gasteiger partial charge in [0.2, 0.25) is 0 Å². The third-order valence-corrected chi connectivity index (χ3v) is 10.7. The van der Waals surface area contributed by atoms with Crippen molar-refractivity contribution in [2.24, 2.45) is 0 Å². The van der Waals surface area contributed by atoms with Gasteiger partial charge >= 0.3 is 185 Å². The Labute approximate surface area is 183 Å². The van der Waals surface area contributed by atoms with Gasteiger partial charge in [-0.05, 0) is 0 Å². The summed E-state index contributed by atoms with van der Waals surface area (Å²) in [6.45, 7) is 4.34. The van der Waals surface area contributed by atoms with Crippen molar-refractivity contribution >= 4 is 62.8 Å². The Morgan fingerprint density at radius 3 is 1.93 bits per heavy atom. The Bertz CT molecular complexity index is 1070. The minimum absolute atomic E-state index is 0.350. The van der Waals surface area contributed by atoms with Gasteiger partial charge < -0.3 is 0 Å². The molecule has 1 aliphatic rings.